The fourth-order valence-electron chi connectivity index (χ4n) is 2.91. The van der Waals surface area contributed by atoms with Crippen molar-refractivity contribution >= 4 is 28.1 Å². The van der Waals surface area contributed by atoms with Gasteiger partial charge in [-0.25, -0.2) is 0 Å². The van der Waals surface area contributed by atoms with Crippen LogP contribution in [-0.4, -0.2) is 46.8 Å². The van der Waals surface area contributed by atoms with Crippen LogP contribution in [0.2, 0.25) is 0 Å². The van der Waals surface area contributed by atoms with E-state index in [-0.39, 0.29) is 6.10 Å². The van der Waals surface area contributed by atoms with Crippen molar-refractivity contribution in [2.24, 2.45) is 5.73 Å². The van der Waals surface area contributed by atoms with Crippen molar-refractivity contribution in [1.82, 2.24) is 9.47 Å². The monoisotopic (exact) mass is 303 g/mol. The van der Waals surface area contributed by atoms with Gasteiger partial charge in [0, 0.05) is 35.8 Å². The molecule has 4 nitrogen and oxygen atoms in total. The lowest BCUT2D eigenvalue weighted by Gasteiger charge is -2.32. The van der Waals surface area contributed by atoms with Crippen molar-refractivity contribution in [3.8, 4) is 0 Å². The van der Waals surface area contributed by atoms with Gasteiger partial charge in [0.2, 0.25) is 0 Å². The number of likely N-dealkylation sites (N-methyl/N-ethyl adjacent to an activating group) is 1. The fourth-order valence-corrected chi connectivity index (χ4v) is 3.04. The Morgan fingerprint density at radius 3 is 3.05 bits per heavy atom. The van der Waals surface area contributed by atoms with Crippen LogP contribution in [0.1, 0.15) is 12.5 Å². The summed E-state index contributed by atoms with van der Waals surface area (Å²) in [5.74, 6) is 0. The highest BCUT2D eigenvalue weighted by Gasteiger charge is 2.20. The molecule has 1 aromatic carbocycles. The molecule has 0 amide bonds. The summed E-state index contributed by atoms with van der Waals surface area (Å²) in [5, 5.41) is 1.17. The molecular weight excluding hydrogens is 282 g/mol. The number of ether oxygens (including phenoxy) is 1. The smallest absolute Gasteiger partial charge is 0.104 e. The first-order chi connectivity index (χ1) is 10.2. The van der Waals surface area contributed by atoms with Crippen LogP contribution in [0.25, 0.3) is 10.9 Å². The Hall–Kier alpha value is -1.43. The summed E-state index contributed by atoms with van der Waals surface area (Å²) in [6.07, 6.45) is 2.37. The molecule has 1 atom stereocenters. The second kappa shape index (κ2) is 6.13. The Balaban J connectivity index is 1.79. The van der Waals surface area contributed by atoms with Crippen molar-refractivity contribution < 1.29 is 4.74 Å². The molecule has 1 aromatic heterocycles. The van der Waals surface area contributed by atoms with Crippen molar-refractivity contribution in [2.75, 3.05) is 26.2 Å². The Morgan fingerprint density at radius 1 is 1.43 bits per heavy atom. The zero-order valence-corrected chi connectivity index (χ0v) is 13.1. The molecule has 2 aromatic rings. The average molecular weight is 303 g/mol. The maximum atomic E-state index is 5.89. The number of benzene rings is 1. The zero-order valence-electron chi connectivity index (χ0n) is 12.3. The number of rotatable bonds is 4. The fraction of sp³-hybridized carbons (Fsp3) is 0.438. The molecule has 0 radical (unpaired) electrons. The minimum Gasteiger partial charge on any atom is -0.389 e. The number of thiocarbonyl (C=S) groups is 1. The SMILES string of the molecule is CCN1CCOC(Cn2ccc3cc(C(N)=S)ccc32)C1. The molecule has 5 heteroatoms. The van der Waals surface area contributed by atoms with Gasteiger partial charge in [-0.1, -0.05) is 19.1 Å². The summed E-state index contributed by atoms with van der Waals surface area (Å²) in [6.45, 7) is 7.03. The highest BCUT2D eigenvalue weighted by Crippen LogP contribution is 2.19. The van der Waals surface area contributed by atoms with Gasteiger partial charge < -0.3 is 15.0 Å². The maximum Gasteiger partial charge on any atom is 0.104 e. The lowest BCUT2D eigenvalue weighted by molar-refractivity contribution is -0.0337. The predicted molar refractivity (Wildman–Crippen MR) is 89.7 cm³/mol. The first-order valence-corrected chi connectivity index (χ1v) is 7.81. The van der Waals surface area contributed by atoms with Gasteiger partial charge in [0.1, 0.15) is 4.99 Å². The third kappa shape index (κ3) is 3.10. The molecule has 0 saturated carbocycles. The molecule has 0 spiro atoms. The first kappa shape index (κ1) is 14.5. The third-order valence-electron chi connectivity index (χ3n) is 4.13. The lowest BCUT2D eigenvalue weighted by Crippen LogP contribution is -2.43. The molecule has 1 fully saturated rings. The highest BCUT2D eigenvalue weighted by atomic mass is 32.1. The lowest BCUT2D eigenvalue weighted by atomic mass is 10.1. The van der Waals surface area contributed by atoms with Crippen LogP contribution in [0.3, 0.4) is 0 Å². The Kier molecular flexibility index (Phi) is 4.24. The van der Waals surface area contributed by atoms with Gasteiger partial charge >= 0.3 is 0 Å². The van der Waals surface area contributed by atoms with E-state index in [1.54, 1.807) is 0 Å². The highest BCUT2D eigenvalue weighted by molar-refractivity contribution is 7.80. The van der Waals surface area contributed by atoms with E-state index in [1.807, 2.05) is 12.1 Å². The van der Waals surface area contributed by atoms with E-state index in [2.05, 4.69) is 34.7 Å². The molecule has 0 bridgehead atoms. The molecule has 2 heterocycles. The van der Waals surface area contributed by atoms with E-state index < -0.39 is 0 Å². The van der Waals surface area contributed by atoms with E-state index in [4.69, 9.17) is 22.7 Å². The molecule has 1 aliphatic rings. The van der Waals surface area contributed by atoms with E-state index in [9.17, 15) is 0 Å². The van der Waals surface area contributed by atoms with Crippen LogP contribution in [0.5, 0.6) is 0 Å². The summed E-state index contributed by atoms with van der Waals surface area (Å²) >= 11 is 5.03. The molecule has 112 valence electrons. The minimum absolute atomic E-state index is 0.254. The number of aromatic nitrogens is 1. The first-order valence-electron chi connectivity index (χ1n) is 7.40. The van der Waals surface area contributed by atoms with E-state index in [0.717, 1.165) is 38.3 Å². The number of morpholine rings is 1. The summed E-state index contributed by atoms with van der Waals surface area (Å²) in [4.78, 5) is 2.88. The van der Waals surface area contributed by atoms with E-state index in [0.29, 0.717) is 4.99 Å². The van der Waals surface area contributed by atoms with Gasteiger partial charge in [-0.05, 0) is 30.8 Å². The molecule has 21 heavy (non-hydrogen) atoms. The Bertz CT molecular complexity index is 652. The van der Waals surface area contributed by atoms with E-state index >= 15 is 0 Å². The molecule has 3 rings (SSSR count). The zero-order chi connectivity index (χ0) is 14.8. The standard InChI is InChI=1S/C16H21N3OS/c1-2-18-7-8-20-14(10-18)11-19-6-5-12-9-13(16(17)21)3-4-15(12)19/h3-6,9,14H,2,7-8,10-11H2,1H3,(H2,17,21). The van der Waals surface area contributed by atoms with Crippen LogP contribution >= 0.6 is 12.2 Å². The minimum atomic E-state index is 0.254. The number of hydrogen-bond donors (Lipinski definition) is 1. The number of nitrogens with zero attached hydrogens (tertiary/aromatic N) is 2. The van der Waals surface area contributed by atoms with Crippen molar-refractivity contribution in [2.45, 2.75) is 19.6 Å². The summed E-state index contributed by atoms with van der Waals surface area (Å²) in [7, 11) is 0. The topological polar surface area (TPSA) is 43.4 Å². The summed E-state index contributed by atoms with van der Waals surface area (Å²) in [6, 6.07) is 8.23. The van der Waals surface area contributed by atoms with Crippen LogP contribution in [0.4, 0.5) is 0 Å². The molecule has 0 aliphatic carbocycles. The third-order valence-corrected chi connectivity index (χ3v) is 4.36. The molecule has 1 saturated heterocycles. The second-order valence-corrected chi connectivity index (χ2v) is 5.93. The van der Waals surface area contributed by atoms with Crippen molar-refractivity contribution in [3.05, 3.63) is 36.0 Å². The van der Waals surface area contributed by atoms with Crippen LogP contribution in [0, 0.1) is 0 Å². The van der Waals surface area contributed by atoms with Gasteiger partial charge in [0.25, 0.3) is 0 Å². The Labute approximate surface area is 130 Å². The largest absolute Gasteiger partial charge is 0.389 e. The van der Waals surface area contributed by atoms with Crippen molar-refractivity contribution in [3.63, 3.8) is 0 Å². The van der Waals surface area contributed by atoms with Crippen LogP contribution in [0.15, 0.2) is 30.5 Å². The summed E-state index contributed by atoms with van der Waals surface area (Å²) < 4.78 is 8.14. The molecule has 1 unspecified atom stereocenters. The predicted octanol–water partition coefficient (Wildman–Crippen LogP) is 2.00. The number of nitrogens with two attached hydrogens (primary N) is 1. The Morgan fingerprint density at radius 2 is 2.29 bits per heavy atom. The molecular formula is C16H21N3OS. The van der Waals surface area contributed by atoms with Crippen molar-refractivity contribution in [1.29, 1.82) is 0 Å². The molecule has 1 aliphatic heterocycles. The quantitative estimate of drug-likeness (QED) is 0.877. The normalized spacial score (nSPS) is 20.0. The van der Waals surface area contributed by atoms with Crippen LogP contribution in [-0.2, 0) is 11.3 Å². The van der Waals surface area contributed by atoms with Crippen LogP contribution < -0.4 is 5.73 Å². The van der Waals surface area contributed by atoms with Gasteiger partial charge in [0.15, 0.2) is 0 Å². The average Bonchev–Trinajstić information content (AvgIpc) is 2.90. The van der Waals surface area contributed by atoms with Gasteiger partial charge in [-0.2, -0.15) is 0 Å². The van der Waals surface area contributed by atoms with Gasteiger partial charge in [-0.3, -0.25) is 4.90 Å². The maximum absolute atomic E-state index is 5.89. The number of fused-ring (bicyclic) bond motifs is 1. The van der Waals surface area contributed by atoms with Gasteiger partial charge in [-0.15, -0.1) is 0 Å². The second-order valence-electron chi connectivity index (χ2n) is 5.49. The van der Waals surface area contributed by atoms with Gasteiger partial charge in [0.05, 0.1) is 19.3 Å². The summed E-state index contributed by atoms with van der Waals surface area (Å²) in [5.41, 5.74) is 7.81. The van der Waals surface area contributed by atoms with E-state index in [1.165, 1.54) is 10.9 Å². The molecule has 2 N–H and O–H groups in total. The number of hydrogen-bond acceptors (Lipinski definition) is 3.